The van der Waals surface area contributed by atoms with Gasteiger partial charge >= 0.3 is 6.18 Å². The molecule has 7 heteroatoms. The van der Waals surface area contributed by atoms with Crippen LogP contribution in [0.2, 0.25) is 0 Å². The average molecular weight is 969 g/mol. The van der Waals surface area contributed by atoms with Crippen LogP contribution in [0.25, 0.3) is 76.8 Å². The van der Waals surface area contributed by atoms with Crippen molar-refractivity contribution in [1.82, 2.24) is 0 Å². The molecule has 0 atom stereocenters. The summed E-state index contributed by atoms with van der Waals surface area (Å²) in [4.78, 5) is 3.17. The number of halogens is 5. The Morgan fingerprint density at radius 2 is 0.740 bits per heavy atom. The van der Waals surface area contributed by atoms with Crippen LogP contribution in [0.15, 0.2) is 255 Å². The molecule has 352 valence electrons. The SMILES string of the molecule is [2H]c1c([2H])c([2H])c(-c2ccc(N(c3ccc(-c4ccccc4)cc3)c3ccc4ccc5c(N(c6ccc(-c7ccccc7)cc6)c6ccc(-c7c([2H])c([2H])c([2H])c([2H])c7[2H])cc6C(F)(F)F)ccc6ccc3c4c65)c(C(F)F)c2)c([2H])c1[2H]. The Morgan fingerprint density at radius 3 is 1.19 bits per heavy atom. The second-order valence-corrected chi connectivity index (χ2v) is 17.4. The standard InChI is InChI=1S/C66H43F5N2/c67-65(68)57-41-51(45-17-9-3-10-18-45)29-39-61(57)72(53-31-21-47(22-32-53)43-13-5-1-6-14-43)59-37-27-49-26-36-56-60(38-28-50-25-35-55(59)63(49)64(50)56)73(54-33-23-48(24-34-54)44-15-7-2-8-16-44)62-40-30-52(42-58(62)66(69,70)71)46-19-11-4-12-20-46/h1-42,65H/i3D,4D,9D,10D,11D,12D,17D,18D,19D,20D. The monoisotopic (exact) mass is 968 g/mol. The van der Waals surface area contributed by atoms with E-state index in [-0.39, 0.29) is 28.1 Å². The molecule has 12 aromatic carbocycles. The Labute approximate surface area is 433 Å². The van der Waals surface area contributed by atoms with Gasteiger partial charge < -0.3 is 9.80 Å². The molecule has 0 aromatic heterocycles. The first-order chi connectivity index (χ1) is 39.8. The minimum Gasteiger partial charge on any atom is -0.309 e. The molecule has 0 saturated heterocycles. The first-order valence-electron chi connectivity index (χ1n) is 28.2. The van der Waals surface area contributed by atoms with Crippen LogP contribution in [-0.2, 0) is 6.18 Å². The van der Waals surface area contributed by atoms with Crippen LogP contribution < -0.4 is 9.80 Å². The molecule has 0 radical (unpaired) electrons. The number of benzene rings is 12. The Kier molecular flexibility index (Phi) is 8.94. The minimum absolute atomic E-state index is 0.0139. The molecular formula is C66H43F5N2. The van der Waals surface area contributed by atoms with Crippen molar-refractivity contribution in [2.75, 3.05) is 9.80 Å². The lowest BCUT2D eigenvalue weighted by atomic mass is 9.91. The van der Waals surface area contributed by atoms with Gasteiger partial charge in [-0.3, -0.25) is 0 Å². The van der Waals surface area contributed by atoms with Crippen molar-refractivity contribution in [3.63, 3.8) is 0 Å². The second kappa shape index (κ2) is 18.6. The minimum atomic E-state index is -5.05. The van der Waals surface area contributed by atoms with E-state index in [0.717, 1.165) is 39.8 Å². The fourth-order valence-corrected chi connectivity index (χ4v) is 9.83. The van der Waals surface area contributed by atoms with E-state index < -0.39 is 89.7 Å². The highest BCUT2D eigenvalue weighted by molar-refractivity contribution is 6.28. The van der Waals surface area contributed by atoms with E-state index in [0.29, 0.717) is 49.7 Å². The van der Waals surface area contributed by atoms with E-state index in [1.807, 2.05) is 103 Å². The first-order valence-corrected chi connectivity index (χ1v) is 23.2. The Bertz CT molecular complexity index is 4470. The Balaban J connectivity index is 1.10. The van der Waals surface area contributed by atoms with E-state index in [4.69, 9.17) is 13.7 Å². The smallest absolute Gasteiger partial charge is 0.309 e. The lowest BCUT2D eigenvalue weighted by Gasteiger charge is -2.31. The fourth-order valence-electron chi connectivity index (χ4n) is 9.83. The molecule has 0 aliphatic rings. The normalized spacial score (nSPS) is 13.7. The summed E-state index contributed by atoms with van der Waals surface area (Å²) >= 11 is 0. The van der Waals surface area contributed by atoms with E-state index >= 15 is 22.0 Å². The topological polar surface area (TPSA) is 6.48 Å². The molecule has 2 nitrogen and oxygen atoms in total. The molecule has 0 bridgehead atoms. The summed E-state index contributed by atoms with van der Waals surface area (Å²) in [5, 5.41) is 3.83. The van der Waals surface area contributed by atoms with Crippen LogP contribution in [0.3, 0.4) is 0 Å². The van der Waals surface area contributed by atoms with Crippen molar-refractivity contribution in [2.24, 2.45) is 0 Å². The molecule has 0 saturated carbocycles. The van der Waals surface area contributed by atoms with Gasteiger partial charge in [-0.15, -0.1) is 0 Å². The van der Waals surface area contributed by atoms with Crippen LogP contribution in [0.4, 0.5) is 56.1 Å². The van der Waals surface area contributed by atoms with Gasteiger partial charge in [-0.1, -0.05) is 194 Å². The first kappa shape index (κ1) is 35.1. The van der Waals surface area contributed by atoms with Gasteiger partial charge in [0.2, 0.25) is 0 Å². The van der Waals surface area contributed by atoms with Crippen molar-refractivity contribution in [3.05, 3.63) is 266 Å². The van der Waals surface area contributed by atoms with E-state index in [1.54, 1.807) is 59.5 Å². The number of rotatable bonds is 11. The third-order valence-corrected chi connectivity index (χ3v) is 13.2. The third kappa shape index (κ3) is 8.38. The van der Waals surface area contributed by atoms with Gasteiger partial charge in [0.15, 0.2) is 0 Å². The maximum atomic E-state index is 15.9. The fraction of sp³-hybridized carbons (Fsp3) is 0.0303. The lowest BCUT2D eigenvalue weighted by molar-refractivity contribution is -0.137. The van der Waals surface area contributed by atoms with Crippen LogP contribution >= 0.6 is 0 Å². The van der Waals surface area contributed by atoms with Gasteiger partial charge in [0.1, 0.15) is 0 Å². The number of hydrogen-bond acceptors (Lipinski definition) is 2. The number of nitrogens with zero attached hydrogens (tertiary/aromatic N) is 2. The molecule has 0 unspecified atom stereocenters. The Hall–Kier alpha value is -9.07. The van der Waals surface area contributed by atoms with Crippen molar-refractivity contribution >= 4 is 66.4 Å². The predicted octanol–water partition coefficient (Wildman–Crippen LogP) is 20.1. The number of alkyl halides is 5. The summed E-state index contributed by atoms with van der Waals surface area (Å²) in [5.74, 6) is 0. The van der Waals surface area contributed by atoms with Crippen molar-refractivity contribution in [3.8, 4) is 44.5 Å². The number of anilines is 6. The van der Waals surface area contributed by atoms with Gasteiger partial charge in [-0.2, -0.15) is 13.2 Å². The molecular weight excluding hydrogens is 916 g/mol. The zero-order valence-electron chi connectivity index (χ0n) is 48.3. The van der Waals surface area contributed by atoms with Gasteiger partial charge in [-0.05, 0) is 127 Å². The summed E-state index contributed by atoms with van der Waals surface area (Å²) < 4.78 is 164. The van der Waals surface area contributed by atoms with Crippen LogP contribution in [0.1, 0.15) is 31.3 Å². The molecule has 0 aliphatic carbocycles. The maximum Gasteiger partial charge on any atom is 0.418 e. The molecule has 12 aromatic rings. The largest absolute Gasteiger partial charge is 0.418 e. The van der Waals surface area contributed by atoms with E-state index in [9.17, 15) is 0 Å². The highest BCUT2D eigenvalue weighted by Crippen LogP contribution is 2.51. The molecule has 0 heterocycles. The number of hydrogen-bond donors (Lipinski definition) is 0. The second-order valence-electron chi connectivity index (χ2n) is 17.4. The maximum absolute atomic E-state index is 15.9. The molecule has 0 N–H and O–H groups in total. The van der Waals surface area contributed by atoms with E-state index in [1.165, 1.54) is 29.2 Å². The zero-order valence-corrected chi connectivity index (χ0v) is 38.3. The van der Waals surface area contributed by atoms with Gasteiger partial charge in [0, 0.05) is 27.7 Å². The zero-order chi connectivity index (χ0) is 58.3. The molecule has 73 heavy (non-hydrogen) atoms. The summed E-state index contributed by atoms with van der Waals surface area (Å²) in [5.41, 5.74) is 2.15. The molecule has 12 rings (SSSR count). The van der Waals surface area contributed by atoms with Gasteiger partial charge in [0.25, 0.3) is 6.43 Å². The average Bonchev–Trinajstić information content (AvgIpc) is 1.33. The summed E-state index contributed by atoms with van der Waals surface area (Å²) in [6, 6.07) is 49.1. The van der Waals surface area contributed by atoms with Crippen molar-refractivity contribution in [1.29, 1.82) is 0 Å². The highest BCUT2D eigenvalue weighted by Gasteiger charge is 2.37. The van der Waals surface area contributed by atoms with E-state index in [2.05, 4.69) is 0 Å². The molecule has 0 aliphatic heterocycles. The van der Waals surface area contributed by atoms with Crippen molar-refractivity contribution < 1.29 is 35.7 Å². The molecule has 0 fully saturated rings. The summed E-state index contributed by atoms with van der Waals surface area (Å²) in [7, 11) is 0. The summed E-state index contributed by atoms with van der Waals surface area (Å²) in [6.07, 6.45) is -8.18. The highest BCUT2D eigenvalue weighted by atomic mass is 19.4. The van der Waals surface area contributed by atoms with Crippen LogP contribution in [0, 0.1) is 0 Å². The van der Waals surface area contributed by atoms with Gasteiger partial charge in [-0.25, -0.2) is 8.78 Å². The third-order valence-electron chi connectivity index (χ3n) is 13.2. The quantitative estimate of drug-likeness (QED) is 0.0941. The summed E-state index contributed by atoms with van der Waals surface area (Å²) in [6.45, 7) is 0. The van der Waals surface area contributed by atoms with Crippen LogP contribution in [0.5, 0.6) is 0 Å². The van der Waals surface area contributed by atoms with Gasteiger partial charge in [0.05, 0.1) is 42.0 Å². The predicted molar refractivity (Wildman–Crippen MR) is 291 cm³/mol. The molecule has 0 spiro atoms. The van der Waals surface area contributed by atoms with Crippen molar-refractivity contribution in [2.45, 2.75) is 12.6 Å². The van der Waals surface area contributed by atoms with Crippen LogP contribution in [-0.4, -0.2) is 0 Å². The Morgan fingerprint density at radius 1 is 0.356 bits per heavy atom. The lowest BCUT2D eigenvalue weighted by Crippen LogP contribution is -2.17. The molecule has 0 amide bonds.